The normalized spacial score (nSPS) is 11.9. The first-order chi connectivity index (χ1) is 12.4. The number of alkyl halides is 6. The standard InChI is InChI=1S/C16H11F6NO.2ClH.Zr/c1-9-3-2-4-10(14(9)24)8-23-13-6-11(15(17,18)19)5-12(7-13)16(20,21)22;;;/h2-8,24H,1H3;2*1H;/q;;;+2/p-2. The quantitative estimate of drug-likeness (QED) is 0.348. The molecule has 0 bridgehead atoms. The molecule has 2 nitrogen and oxygen atoms in total. The Morgan fingerprint density at radius 3 is 1.89 bits per heavy atom. The van der Waals surface area contributed by atoms with Crippen LogP contribution in [0.25, 0.3) is 0 Å². The van der Waals surface area contributed by atoms with Crippen LogP contribution in [-0.4, -0.2) is 11.3 Å². The van der Waals surface area contributed by atoms with Gasteiger partial charge in [0, 0.05) is 11.8 Å². The van der Waals surface area contributed by atoms with Crippen molar-refractivity contribution in [3.8, 4) is 5.75 Å². The summed E-state index contributed by atoms with van der Waals surface area (Å²) in [6.45, 7) is 1.60. The summed E-state index contributed by atoms with van der Waals surface area (Å²) in [6, 6.07) is 5.66. The van der Waals surface area contributed by atoms with Gasteiger partial charge in [0.05, 0.1) is 16.8 Å². The molecule has 0 fully saturated rings. The Bertz CT molecular complexity index is 776. The summed E-state index contributed by atoms with van der Waals surface area (Å²) < 4.78 is 76.5. The summed E-state index contributed by atoms with van der Waals surface area (Å²) in [5.41, 5.74) is -2.73. The van der Waals surface area contributed by atoms with E-state index in [1.54, 1.807) is 19.1 Å². The molecule has 0 spiro atoms. The topological polar surface area (TPSA) is 32.6 Å². The number of rotatable bonds is 2. The predicted octanol–water partition coefficient (Wildman–Crippen LogP) is 6.87. The van der Waals surface area contributed by atoms with Gasteiger partial charge in [-0.15, -0.1) is 0 Å². The maximum absolute atomic E-state index is 12.8. The van der Waals surface area contributed by atoms with E-state index in [1.807, 2.05) is 0 Å². The fourth-order valence-corrected chi connectivity index (χ4v) is 1.94. The number of benzene rings is 2. The van der Waals surface area contributed by atoms with Crippen LogP contribution in [0.1, 0.15) is 22.3 Å². The number of halogens is 8. The van der Waals surface area contributed by atoms with E-state index in [0.29, 0.717) is 17.7 Å². The van der Waals surface area contributed by atoms with E-state index >= 15 is 0 Å². The number of aryl methyl sites for hydroxylation is 1. The number of phenolic OH excluding ortho intramolecular Hbond substituents is 1. The van der Waals surface area contributed by atoms with E-state index < -0.39 is 50.0 Å². The minimum absolute atomic E-state index is 0.0309. The number of aliphatic imine (C=N–C) groups is 1. The molecule has 27 heavy (non-hydrogen) atoms. The summed E-state index contributed by atoms with van der Waals surface area (Å²) >= 11 is -0.826. The Balaban J connectivity index is 0.00000114. The number of hydrogen-bond donors (Lipinski definition) is 1. The Kier molecular flexibility index (Phi) is 8.83. The molecule has 0 unspecified atom stereocenters. The van der Waals surface area contributed by atoms with E-state index in [9.17, 15) is 31.4 Å². The Morgan fingerprint density at radius 2 is 1.44 bits per heavy atom. The molecule has 0 aliphatic heterocycles. The number of phenols is 1. The van der Waals surface area contributed by atoms with Crippen LogP contribution in [0.3, 0.4) is 0 Å². The average Bonchev–Trinajstić information content (AvgIpc) is 2.55. The fraction of sp³-hybridized carbons (Fsp3) is 0.188. The average molecular weight is 509 g/mol. The number of para-hydroxylation sites is 1. The van der Waals surface area contributed by atoms with Crippen LogP contribution in [0.15, 0.2) is 41.4 Å². The Hall–Kier alpha value is -1.05. The van der Waals surface area contributed by atoms with Gasteiger partial charge in [-0.1, -0.05) is 12.1 Å². The molecule has 0 saturated carbocycles. The van der Waals surface area contributed by atoms with Crippen molar-refractivity contribution in [3.05, 3.63) is 58.7 Å². The van der Waals surface area contributed by atoms with Gasteiger partial charge < -0.3 is 5.11 Å². The second kappa shape index (κ2) is 9.94. The summed E-state index contributed by atoms with van der Waals surface area (Å²) in [6.07, 6.45) is -8.86. The van der Waals surface area contributed by atoms with Crippen molar-refractivity contribution >= 4 is 28.9 Å². The fourth-order valence-electron chi connectivity index (χ4n) is 1.94. The van der Waals surface area contributed by atoms with Gasteiger partial charge in [-0.2, -0.15) is 26.3 Å². The van der Waals surface area contributed by atoms with Crippen LogP contribution in [-0.2, 0) is 33.2 Å². The van der Waals surface area contributed by atoms with E-state index in [0.717, 1.165) is 6.21 Å². The molecule has 0 saturated heterocycles. The molecule has 0 atom stereocenters. The van der Waals surface area contributed by atoms with Crippen LogP contribution in [0.4, 0.5) is 32.0 Å². The van der Waals surface area contributed by atoms with Crippen molar-refractivity contribution in [2.75, 3.05) is 0 Å². The van der Waals surface area contributed by atoms with E-state index in [-0.39, 0.29) is 17.4 Å². The predicted molar refractivity (Wildman–Crippen MR) is 88.2 cm³/mol. The minimum atomic E-state index is -4.93. The zero-order chi connectivity index (χ0) is 20.8. The molecule has 1 N–H and O–H groups in total. The Labute approximate surface area is 169 Å². The SMILES string of the molecule is Cc1cccc(C=Nc2cc(C(F)(F)F)cc(C(F)(F)F)c2)c1O.[Cl][Zr][Cl]. The van der Waals surface area contributed by atoms with Crippen LogP contribution in [0, 0.1) is 6.92 Å². The first kappa shape index (κ1) is 24.0. The van der Waals surface area contributed by atoms with Gasteiger partial charge in [0.2, 0.25) is 0 Å². The third-order valence-corrected chi connectivity index (χ3v) is 3.19. The van der Waals surface area contributed by atoms with Gasteiger partial charge in [0.15, 0.2) is 0 Å². The molecule has 0 amide bonds. The summed E-state index contributed by atoms with van der Waals surface area (Å²) in [7, 11) is 9.87. The summed E-state index contributed by atoms with van der Waals surface area (Å²) in [5.74, 6) is -0.149. The molecular weight excluding hydrogens is 498 g/mol. The van der Waals surface area contributed by atoms with Crippen molar-refractivity contribution in [1.82, 2.24) is 0 Å². The maximum atomic E-state index is 12.8. The van der Waals surface area contributed by atoms with E-state index in [2.05, 4.69) is 4.99 Å². The molecule has 0 aromatic heterocycles. The second-order valence-corrected chi connectivity index (χ2v) is 8.84. The molecular formula is C16H11Cl2F6NOZr. The van der Waals surface area contributed by atoms with Gasteiger partial charge in [-0.3, -0.25) is 4.99 Å². The number of nitrogens with zero attached hydrogens (tertiary/aromatic N) is 1. The molecule has 2 aromatic rings. The van der Waals surface area contributed by atoms with E-state index in [4.69, 9.17) is 17.0 Å². The summed E-state index contributed by atoms with van der Waals surface area (Å²) in [5, 5.41) is 9.79. The molecule has 0 aliphatic carbocycles. The molecule has 2 rings (SSSR count). The molecule has 146 valence electrons. The first-order valence-corrected chi connectivity index (χ1v) is 13.3. The van der Waals surface area contributed by atoms with Crippen LogP contribution < -0.4 is 0 Å². The Morgan fingerprint density at radius 1 is 0.963 bits per heavy atom. The number of hydrogen-bond acceptors (Lipinski definition) is 2. The molecule has 2 aromatic carbocycles. The third kappa shape index (κ3) is 7.47. The van der Waals surface area contributed by atoms with Crippen molar-refractivity contribution in [3.63, 3.8) is 0 Å². The van der Waals surface area contributed by atoms with Crippen LogP contribution >= 0.6 is 17.0 Å². The van der Waals surface area contributed by atoms with Gasteiger partial charge in [-0.25, -0.2) is 0 Å². The van der Waals surface area contributed by atoms with Crippen molar-refractivity contribution < 1.29 is 52.3 Å². The van der Waals surface area contributed by atoms with Gasteiger partial charge in [-0.05, 0) is 36.8 Å². The third-order valence-electron chi connectivity index (χ3n) is 3.19. The molecule has 0 heterocycles. The number of aromatic hydroxyl groups is 1. The van der Waals surface area contributed by atoms with Gasteiger partial charge in [0.1, 0.15) is 5.75 Å². The monoisotopic (exact) mass is 507 g/mol. The molecule has 0 radical (unpaired) electrons. The first-order valence-electron chi connectivity index (χ1n) is 6.98. The zero-order valence-corrected chi connectivity index (χ0v) is 17.4. The second-order valence-electron chi connectivity index (χ2n) is 5.11. The van der Waals surface area contributed by atoms with Crippen molar-refractivity contribution in [2.24, 2.45) is 4.99 Å². The van der Waals surface area contributed by atoms with Crippen LogP contribution in [0.2, 0.25) is 0 Å². The van der Waals surface area contributed by atoms with E-state index in [1.165, 1.54) is 6.07 Å². The van der Waals surface area contributed by atoms with Crippen LogP contribution in [0.5, 0.6) is 5.75 Å². The van der Waals surface area contributed by atoms with Gasteiger partial charge >= 0.3 is 50.2 Å². The summed E-state index contributed by atoms with van der Waals surface area (Å²) in [4.78, 5) is 3.64. The molecule has 0 aliphatic rings. The van der Waals surface area contributed by atoms with Crippen molar-refractivity contribution in [2.45, 2.75) is 19.3 Å². The molecule has 11 heteroatoms. The van der Waals surface area contributed by atoms with Gasteiger partial charge in [0.25, 0.3) is 0 Å². The zero-order valence-electron chi connectivity index (χ0n) is 13.5. The van der Waals surface area contributed by atoms with Crippen molar-refractivity contribution in [1.29, 1.82) is 0 Å².